The normalized spacial score (nSPS) is 13.2. The SMILES string of the molecule is CC(C)(C)OC(=O)N[C@@H](CO)C(=O)Br. The van der Waals surface area contributed by atoms with Crippen LogP contribution in [-0.2, 0) is 9.53 Å². The summed E-state index contributed by atoms with van der Waals surface area (Å²) in [6.45, 7) is 4.65. The Hall–Kier alpha value is -0.620. The number of carbonyl (C=O) groups excluding carboxylic acids is 2. The summed E-state index contributed by atoms with van der Waals surface area (Å²) in [5.74, 6) is 0. The minimum Gasteiger partial charge on any atom is -0.444 e. The van der Waals surface area contributed by atoms with Gasteiger partial charge in [0, 0.05) is 0 Å². The summed E-state index contributed by atoms with van der Waals surface area (Å²) in [5.41, 5.74) is -0.626. The Balaban J connectivity index is 4.11. The fourth-order valence-electron chi connectivity index (χ4n) is 0.624. The highest BCUT2D eigenvalue weighted by Gasteiger charge is 2.21. The van der Waals surface area contributed by atoms with Crippen molar-refractivity contribution in [2.75, 3.05) is 6.61 Å². The second kappa shape index (κ2) is 5.31. The zero-order chi connectivity index (χ0) is 11.4. The van der Waals surface area contributed by atoms with Crippen LogP contribution in [0.2, 0.25) is 0 Å². The number of halogens is 1. The van der Waals surface area contributed by atoms with Crippen LogP contribution in [0.4, 0.5) is 4.79 Å². The van der Waals surface area contributed by atoms with E-state index in [0.717, 1.165) is 0 Å². The van der Waals surface area contributed by atoms with Crippen LogP contribution in [0.5, 0.6) is 0 Å². The van der Waals surface area contributed by atoms with Crippen LogP contribution in [0.1, 0.15) is 20.8 Å². The fourth-order valence-corrected chi connectivity index (χ4v) is 0.883. The average molecular weight is 268 g/mol. The van der Waals surface area contributed by atoms with Crippen molar-refractivity contribution >= 4 is 26.7 Å². The molecule has 1 amide bonds. The molecule has 0 unspecified atom stereocenters. The Labute approximate surface area is 90.9 Å². The first-order valence-electron chi connectivity index (χ1n) is 4.06. The largest absolute Gasteiger partial charge is 0.444 e. The third-order valence-electron chi connectivity index (χ3n) is 1.15. The molecule has 0 radical (unpaired) electrons. The molecule has 0 aliphatic rings. The Morgan fingerprint density at radius 3 is 2.29 bits per heavy atom. The van der Waals surface area contributed by atoms with E-state index in [1.54, 1.807) is 20.8 Å². The maximum Gasteiger partial charge on any atom is 0.408 e. The van der Waals surface area contributed by atoms with Crippen LogP contribution in [0.3, 0.4) is 0 Å². The van der Waals surface area contributed by atoms with Gasteiger partial charge in [0.1, 0.15) is 11.6 Å². The van der Waals surface area contributed by atoms with Gasteiger partial charge in [-0.2, -0.15) is 0 Å². The van der Waals surface area contributed by atoms with Crippen molar-refractivity contribution in [3.63, 3.8) is 0 Å². The van der Waals surface area contributed by atoms with E-state index < -0.39 is 29.0 Å². The topological polar surface area (TPSA) is 75.6 Å². The van der Waals surface area contributed by atoms with Gasteiger partial charge in [0.05, 0.1) is 6.61 Å². The van der Waals surface area contributed by atoms with E-state index in [4.69, 9.17) is 9.84 Å². The number of amides is 1. The number of rotatable bonds is 3. The molecule has 5 nitrogen and oxygen atoms in total. The molecule has 0 aliphatic heterocycles. The Kier molecular flexibility index (Phi) is 5.07. The van der Waals surface area contributed by atoms with Gasteiger partial charge in [-0.3, -0.25) is 4.79 Å². The Morgan fingerprint density at radius 2 is 2.00 bits per heavy atom. The number of hydrogen-bond acceptors (Lipinski definition) is 4. The first-order valence-corrected chi connectivity index (χ1v) is 4.85. The number of hydrogen-bond donors (Lipinski definition) is 2. The summed E-state index contributed by atoms with van der Waals surface area (Å²) >= 11 is 2.64. The number of alkyl carbamates (subject to hydrolysis) is 1. The molecule has 14 heavy (non-hydrogen) atoms. The lowest BCUT2D eigenvalue weighted by Crippen LogP contribution is -2.43. The summed E-state index contributed by atoms with van der Waals surface area (Å²) in [4.78, 5) is 21.9. The van der Waals surface area contributed by atoms with Crippen LogP contribution in [0.15, 0.2) is 0 Å². The van der Waals surface area contributed by atoms with Crippen molar-refractivity contribution in [1.29, 1.82) is 0 Å². The lowest BCUT2D eigenvalue weighted by atomic mass is 10.2. The first-order chi connectivity index (χ1) is 6.26. The first kappa shape index (κ1) is 13.4. The Morgan fingerprint density at radius 1 is 1.50 bits per heavy atom. The highest BCUT2D eigenvalue weighted by molar-refractivity contribution is 9.18. The van der Waals surface area contributed by atoms with E-state index in [-0.39, 0.29) is 0 Å². The molecular formula is C8H14BrNO4. The maximum atomic E-state index is 11.1. The monoisotopic (exact) mass is 267 g/mol. The zero-order valence-electron chi connectivity index (χ0n) is 8.33. The number of aliphatic hydroxyl groups excluding tert-OH is 1. The molecule has 0 aromatic heterocycles. The summed E-state index contributed by atoms with van der Waals surface area (Å²) in [6, 6.07) is -0.968. The Bertz CT molecular complexity index is 224. The lowest BCUT2D eigenvalue weighted by molar-refractivity contribution is -0.113. The molecule has 2 N–H and O–H groups in total. The minimum absolute atomic E-state index is 0.469. The van der Waals surface area contributed by atoms with E-state index >= 15 is 0 Å². The van der Waals surface area contributed by atoms with E-state index in [0.29, 0.717) is 0 Å². The quantitative estimate of drug-likeness (QED) is 0.742. The molecule has 0 spiro atoms. The maximum absolute atomic E-state index is 11.1. The lowest BCUT2D eigenvalue weighted by Gasteiger charge is -2.21. The number of ether oxygens (including phenoxy) is 1. The molecule has 0 aliphatic carbocycles. The predicted octanol–water partition coefficient (Wildman–Crippen LogP) is 0.794. The molecule has 0 rings (SSSR count). The summed E-state index contributed by atoms with van der Waals surface area (Å²) < 4.78 is 4.39. The van der Waals surface area contributed by atoms with Gasteiger partial charge < -0.3 is 15.2 Å². The van der Waals surface area contributed by atoms with Crippen LogP contribution in [0, 0.1) is 0 Å². The molecule has 0 bridgehead atoms. The van der Waals surface area contributed by atoms with E-state index in [1.807, 2.05) is 0 Å². The van der Waals surface area contributed by atoms with Crippen LogP contribution in [0.25, 0.3) is 0 Å². The molecule has 1 atom stereocenters. The van der Waals surface area contributed by atoms with Crippen molar-refractivity contribution in [3.05, 3.63) is 0 Å². The highest BCUT2D eigenvalue weighted by Crippen LogP contribution is 2.07. The number of aliphatic hydroxyl groups is 1. The molecule has 0 fully saturated rings. The molecule has 0 aromatic carbocycles. The standard InChI is InChI=1S/C8H14BrNO4/c1-8(2,3)14-7(13)10-5(4-11)6(9)12/h5,11H,4H2,1-3H3,(H,10,13)/t5-/m0/s1. The summed E-state index contributed by atoms with van der Waals surface area (Å²) in [6.07, 6.45) is -0.732. The zero-order valence-corrected chi connectivity index (χ0v) is 9.92. The van der Waals surface area contributed by atoms with Crippen LogP contribution in [-0.4, -0.2) is 34.1 Å². The summed E-state index contributed by atoms with van der Waals surface area (Å²) in [5, 5.41) is 10.9. The molecule has 0 saturated carbocycles. The molecule has 0 aromatic rings. The minimum atomic E-state index is -0.968. The van der Waals surface area contributed by atoms with Crippen molar-refractivity contribution in [3.8, 4) is 0 Å². The van der Waals surface area contributed by atoms with Gasteiger partial charge in [-0.05, 0) is 36.7 Å². The second-order valence-electron chi connectivity index (χ2n) is 3.69. The number of nitrogens with one attached hydrogen (secondary N) is 1. The predicted molar refractivity (Wildman–Crippen MR) is 54.2 cm³/mol. The number of carbonyl (C=O) groups is 2. The smallest absolute Gasteiger partial charge is 0.408 e. The van der Waals surface area contributed by atoms with Gasteiger partial charge in [0.15, 0.2) is 0 Å². The van der Waals surface area contributed by atoms with Gasteiger partial charge in [-0.1, -0.05) is 0 Å². The van der Waals surface area contributed by atoms with Crippen molar-refractivity contribution in [2.24, 2.45) is 0 Å². The van der Waals surface area contributed by atoms with Gasteiger partial charge in [-0.15, -0.1) is 0 Å². The molecule has 0 saturated heterocycles. The van der Waals surface area contributed by atoms with Gasteiger partial charge in [0.2, 0.25) is 4.69 Å². The van der Waals surface area contributed by atoms with Gasteiger partial charge >= 0.3 is 6.09 Å². The molecular weight excluding hydrogens is 254 g/mol. The van der Waals surface area contributed by atoms with Crippen molar-refractivity contribution in [2.45, 2.75) is 32.4 Å². The second-order valence-corrected chi connectivity index (χ2v) is 4.47. The van der Waals surface area contributed by atoms with Gasteiger partial charge in [-0.25, -0.2) is 4.79 Å². The van der Waals surface area contributed by atoms with Gasteiger partial charge in [0.25, 0.3) is 0 Å². The molecule has 82 valence electrons. The highest BCUT2D eigenvalue weighted by atomic mass is 79.9. The molecule has 6 heteroatoms. The van der Waals surface area contributed by atoms with Crippen molar-refractivity contribution in [1.82, 2.24) is 5.32 Å². The van der Waals surface area contributed by atoms with E-state index in [1.165, 1.54) is 0 Å². The third-order valence-corrected chi connectivity index (χ3v) is 1.70. The van der Waals surface area contributed by atoms with Crippen LogP contribution >= 0.6 is 15.9 Å². The average Bonchev–Trinajstić information content (AvgIpc) is 1.96. The van der Waals surface area contributed by atoms with Crippen LogP contribution < -0.4 is 5.32 Å². The summed E-state index contributed by atoms with van der Waals surface area (Å²) in [7, 11) is 0. The van der Waals surface area contributed by atoms with E-state index in [2.05, 4.69) is 21.2 Å². The van der Waals surface area contributed by atoms with E-state index in [9.17, 15) is 9.59 Å². The van der Waals surface area contributed by atoms with Crippen molar-refractivity contribution < 1.29 is 19.4 Å². The third kappa shape index (κ3) is 5.93. The fraction of sp³-hybridized carbons (Fsp3) is 0.750. The molecule has 0 heterocycles.